The summed E-state index contributed by atoms with van der Waals surface area (Å²) in [5.74, 6) is -0.0484. The lowest BCUT2D eigenvalue weighted by atomic mass is 9.95. The standard InChI is InChI=1S/C34H43N3O5S/c1-5-32(34(39)35-28-13-7-6-8-14-28)36(23-27-12-10-16-30(22-27)42-4)33(38)24-37(29-15-9-11-26(3)21-29)43(40,41)31-19-17-25(2)18-20-31/h9-12,15-22,28,32H,5-8,13-14,23-24H2,1-4H3,(H,35,39)/t32-/m1/s1. The molecule has 0 aliphatic heterocycles. The molecule has 3 aromatic carbocycles. The number of anilines is 1. The molecule has 1 fully saturated rings. The van der Waals surface area contributed by atoms with Crippen molar-refractivity contribution in [2.75, 3.05) is 18.0 Å². The summed E-state index contributed by atoms with van der Waals surface area (Å²) in [6.45, 7) is 5.30. The fraction of sp³-hybridized carbons (Fsp3) is 0.412. The second-order valence-electron chi connectivity index (χ2n) is 11.3. The van der Waals surface area contributed by atoms with Gasteiger partial charge in [-0.25, -0.2) is 8.42 Å². The van der Waals surface area contributed by atoms with Gasteiger partial charge in [0.1, 0.15) is 18.3 Å². The molecule has 1 aliphatic carbocycles. The number of nitrogens with one attached hydrogen (secondary N) is 1. The number of benzene rings is 3. The molecule has 0 spiro atoms. The van der Waals surface area contributed by atoms with Crippen LogP contribution in [0.15, 0.2) is 77.7 Å². The summed E-state index contributed by atoms with van der Waals surface area (Å²) in [7, 11) is -2.54. The Hall–Kier alpha value is -3.85. The smallest absolute Gasteiger partial charge is 0.264 e. The number of rotatable bonds is 12. The Balaban J connectivity index is 1.71. The number of sulfonamides is 1. The lowest BCUT2D eigenvalue weighted by molar-refractivity contribution is -0.140. The SMILES string of the molecule is CC[C@H](C(=O)NC1CCCCC1)N(Cc1cccc(OC)c1)C(=O)CN(c1cccc(C)c1)S(=O)(=O)c1ccc(C)cc1. The molecule has 43 heavy (non-hydrogen) atoms. The maximum absolute atomic E-state index is 14.3. The highest BCUT2D eigenvalue weighted by Gasteiger charge is 2.34. The Kier molecular flexibility index (Phi) is 10.9. The minimum absolute atomic E-state index is 0.0785. The molecule has 1 aliphatic rings. The number of methoxy groups -OCH3 is 1. The predicted octanol–water partition coefficient (Wildman–Crippen LogP) is 5.76. The van der Waals surface area contributed by atoms with Crippen molar-refractivity contribution in [3.8, 4) is 5.75 Å². The van der Waals surface area contributed by atoms with Gasteiger partial charge in [-0.1, -0.05) is 68.1 Å². The van der Waals surface area contributed by atoms with E-state index < -0.39 is 28.5 Å². The highest BCUT2D eigenvalue weighted by molar-refractivity contribution is 7.92. The monoisotopic (exact) mass is 605 g/mol. The summed E-state index contributed by atoms with van der Waals surface area (Å²) in [5, 5.41) is 3.18. The zero-order valence-electron chi connectivity index (χ0n) is 25.6. The molecule has 1 atom stereocenters. The normalized spacial score (nSPS) is 14.5. The van der Waals surface area contributed by atoms with E-state index in [-0.39, 0.29) is 23.4 Å². The lowest BCUT2D eigenvalue weighted by Gasteiger charge is -2.34. The molecular formula is C34H43N3O5S. The molecule has 4 rings (SSSR count). The van der Waals surface area contributed by atoms with Crippen LogP contribution in [-0.4, -0.2) is 50.9 Å². The van der Waals surface area contributed by atoms with Crippen LogP contribution < -0.4 is 14.4 Å². The fourth-order valence-electron chi connectivity index (χ4n) is 5.58. The second-order valence-corrected chi connectivity index (χ2v) is 13.2. The van der Waals surface area contributed by atoms with Crippen molar-refractivity contribution < 1.29 is 22.7 Å². The average Bonchev–Trinajstić information content (AvgIpc) is 3.00. The third-order valence-corrected chi connectivity index (χ3v) is 9.79. The van der Waals surface area contributed by atoms with Crippen LogP contribution in [0.5, 0.6) is 5.75 Å². The van der Waals surface area contributed by atoms with E-state index in [4.69, 9.17) is 4.74 Å². The highest BCUT2D eigenvalue weighted by atomic mass is 32.2. The number of aryl methyl sites for hydroxylation is 2. The summed E-state index contributed by atoms with van der Waals surface area (Å²) in [5.41, 5.74) is 2.95. The van der Waals surface area contributed by atoms with E-state index in [9.17, 15) is 18.0 Å². The van der Waals surface area contributed by atoms with E-state index in [1.165, 1.54) is 4.90 Å². The van der Waals surface area contributed by atoms with E-state index in [2.05, 4.69) is 5.32 Å². The summed E-state index contributed by atoms with van der Waals surface area (Å²) in [6, 6.07) is 20.3. The van der Waals surface area contributed by atoms with Crippen molar-refractivity contribution in [2.24, 2.45) is 0 Å². The van der Waals surface area contributed by atoms with E-state index in [0.717, 1.165) is 53.1 Å². The quantitative estimate of drug-likeness (QED) is 0.283. The molecule has 0 unspecified atom stereocenters. The maximum Gasteiger partial charge on any atom is 0.264 e. The molecule has 8 nitrogen and oxygen atoms in total. The first kappa shape index (κ1) is 32.1. The molecule has 2 amide bonds. The molecule has 0 heterocycles. The van der Waals surface area contributed by atoms with Gasteiger partial charge >= 0.3 is 0 Å². The Morgan fingerprint density at radius 3 is 2.28 bits per heavy atom. The number of carbonyl (C=O) groups is 2. The van der Waals surface area contributed by atoms with Crippen molar-refractivity contribution in [2.45, 2.75) is 82.8 Å². The van der Waals surface area contributed by atoms with E-state index in [1.54, 1.807) is 49.6 Å². The predicted molar refractivity (Wildman–Crippen MR) is 170 cm³/mol. The van der Waals surface area contributed by atoms with Crippen molar-refractivity contribution >= 4 is 27.5 Å². The van der Waals surface area contributed by atoms with Crippen molar-refractivity contribution in [3.63, 3.8) is 0 Å². The van der Waals surface area contributed by atoms with Gasteiger partial charge in [0.15, 0.2) is 0 Å². The van der Waals surface area contributed by atoms with Crippen LogP contribution in [-0.2, 0) is 26.2 Å². The number of hydrogen-bond donors (Lipinski definition) is 1. The average molecular weight is 606 g/mol. The molecule has 3 aromatic rings. The van der Waals surface area contributed by atoms with Gasteiger partial charge in [0.2, 0.25) is 11.8 Å². The molecule has 0 saturated heterocycles. The summed E-state index contributed by atoms with van der Waals surface area (Å²) in [4.78, 5) is 29.6. The van der Waals surface area contributed by atoms with Gasteiger partial charge < -0.3 is 15.0 Å². The number of carbonyl (C=O) groups excluding carboxylic acids is 2. The molecule has 230 valence electrons. The molecule has 0 bridgehead atoms. The van der Waals surface area contributed by atoms with Crippen molar-refractivity contribution in [1.29, 1.82) is 0 Å². The van der Waals surface area contributed by atoms with Gasteiger partial charge in [-0.15, -0.1) is 0 Å². The minimum atomic E-state index is -4.11. The van der Waals surface area contributed by atoms with Gasteiger partial charge in [-0.3, -0.25) is 13.9 Å². The minimum Gasteiger partial charge on any atom is -0.497 e. The molecule has 1 saturated carbocycles. The molecule has 0 radical (unpaired) electrons. The van der Waals surface area contributed by atoms with Gasteiger partial charge in [0, 0.05) is 12.6 Å². The number of amides is 2. The summed E-state index contributed by atoms with van der Waals surface area (Å²) < 4.78 is 34.6. The van der Waals surface area contributed by atoms with E-state index in [1.807, 2.05) is 51.1 Å². The molecule has 9 heteroatoms. The topological polar surface area (TPSA) is 96.0 Å². The van der Waals surface area contributed by atoms with Crippen LogP contribution in [0.1, 0.15) is 62.1 Å². The zero-order chi connectivity index (χ0) is 31.0. The van der Waals surface area contributed by atoms with Crippen molar-refractivity contribution in [3.05, 3.63) is 89.5 Å². The van der Waals surface area contributed by atoms with Gasteiger partial charge in [-0.2, -0.15) is 0 Å². The molecule has 0 aromatic heterocycles. The van der Waals surface area contributed by atoms with E-state index in [0.29, 0.717) is 17.9 Å². The number of ether oxygens (including phenoxy) is 1. The third-order valence-electron chi connectivity index (χ3n) is 8.00. The largest absolute Gasteiger partial charge is 0.497 e. The maximum atomic E-state index is 14.3. The Bertz CT molecular complexity index is 1500. The van der Waals surface area contributed by atoms with Crippen LogP contribution in [0.4, 0.5) is 5.69 Å². The van der Waals surface area contributed by atoms with Crippen LogP contribution >= 0.6 is 0 Å². The van der Waals surface area contributed by atoms with Gasteiger partial charge in [0.05, 0.1) is 17.7 Å². The first-order valence-corrected chi connectivity index (χ1v) is 16.4. The van der Waals surface area contributed by atoms with Gasteiger partial charge in [-0.05, 0) is 80.6 Å². The number of hydrogen-bond acceptors (Lipinski definition) is 5. The third kappa shape index (κ3) is 8.16. The van der Waals surface area contributed by atoms with Crippen LogP contribution in [0, 0.1) is 13.8 Å². The highest BCUT2D eigenvalue weighted by Crippen LogP contribution is 2.26. The Morgan fingerprint density at radius 2 is 1.63 bits per heavy atom. The van der Waals surface area contributed by atoms with E-state index >= 15 is 0 Å². The second kappa shape index (κ2) is 14.6. The summed E-state index contributed by atoms with van der Waals surface area (Å²) >= 11 is 0. The van der Waals surface area contributed by atoms with Crippen LogP contribution in [0.25, 0.3) is 0 Å². The lowest BCUT2D eigenvalue weighted by Crippen LogP contribution is -2.54. The summed E-state index contributed by atoms with van der Waals surface area (Å²) in [6.07, 6.45) is 5.51. The zero-order valence-corrected chi connectivity index (χ0v) is 26.4. The van der Waals surface area contributed by atoms with Gasteiger partial charge in [0.25, 0.3) is 10.0 Å². The number of nitrogens with zero attached hydrogens (tertiary/aromatic N) is 2. The molecule has 1 N–H and O–H groups in total. The molecular weight excluding hydrogens is 562 g/mol. The fourth-order valence-corrected chi connectivity index (χ4v) is 6.99. The van der Waals surface area contributed by atoms with Crippen LogP contribution in [0.2, 0.25) is 0 Å². The first-order valence-electron chi connectivity index (χ1n) is 15.0. The Labute approximate surface area is 256 Å². The Morgan fingerprint density at radius 1 is 0.930 bits per heavy atom. The van der Waals surface area contributed by atoms with Crippen molar-refractivity contribution in [1.82, 2.24) is 10.2 Å². The van der Waals surface area contributed by atoms with Crippen LogP contribution in [0.3, 0.4) is 0 Å². The first-order chi connectivity index (χ1) is 20.6.